The van der Waals surface area contributed by atoms with Crippen LogP contribution in [0.4, 0.5) is 0 Å². The predicted molar refractivity (Wildman–Crippen MR) is 81.4 cm³/mol. The van der Waals surface area contributed by atoms with Crippen LogP contribution in [-0.2, 0) is 4.74 Å². The molecular formula is C17H18O5. The van der Waals surface area contributed by atoms with Crippen LogP contribution in [0.15, 0.2) is 35.4 Å². The molecule has 5 heteroatoms. The van der Waals surface area contributed by atoms with E-state index in [0.717, 1.165) is 5.57 Å². The first-order valence-electron chi connectivity index (χ1n) is 6.88. The summed E-state index contributed by atoms with van der Waals surface area (Å²) in [6.07, 6.45) is 2.95. The second kappa shape index (κ2) is 6.15. The molecule has 2 rings (SSSR count). The number of phenolic OH excluding ortho intramolecular Hbond substituents is 2. The smallest absolute Gasteiger partial charge is 0.196 e. The normalized spacial score (nSPS) is 15.1. The molecule has 2 N–H and O–H groups in total. The number of hydrogen-bond donors (Lipinski definition) is 2. The highest BCUT2D eigenvalue weighted by Crippen LogP contribution is 2.36. The fourth-order valence-corrected chi connectivity index (χ4v) is 2.42. The van der Waals surface area contributed by atoms with Crippen molar-refractivity contribution in [2.24, 2.45) is 0 Å². The van der Waals surface area contributed by atoms with Crippen LogP contribution >= 0.6 is 0 Å². The third kappa shape index (κ3) is 2.80. The van der Waals surface area contributed by atoms with Crippen LogP contribution in [0.2, 0.25) is 0 Å². The van der Waals surface area contributed by atoms with Gasteiger partial charge in [0.2, 0.25) is 0 Å². The fourth-order valence-electron chi connectivity index (χ4n) is 2.42. The first-order valence-corrected chi connectivity index (χ1v) is 6.88. The highest BCUT2D eigenvalue weighted by Gasteiger charge is 2.34. The monoisotopic (exact) mass is 302 g/mol. The number of phenols is 2. The summed E-state index contributed by atoms with van der Waals surface area (Å²) in [6.45, 7) is 3.85. The van der Waals surface area contributed by atoms with Crippen LogP contribution in [0.25, 0.3) is 0 Å². The Morgan fingerprint density at radius 3 is 2.32 bits per heavy atom. The van der Waals surface area contributed by atoms with Crippen molar-refractivity contribution >= 4 is 11.6 Å². The molecule has 0 heterocycles. The standard InChI is InChI=1S/C17H18O5/c1-9(2)4-7-14(22-3)10-8-13(20)15-11(18)5-6-12(19)16(15)17(10)21/h4-6,8,14,18-19H,7H2,1-3H3/t14-/m1/s1. The maximum atomic E-state index is 12.6. The molecule has 116 valence electrons. The lowest BCUT2D eigenvalue weighted by Gasteiger charge is -2.22. The lowest BCUT2D eigenvalue weighted by atomic mass is 9.85. The van der Waals surface area contributed by atoms with Gasteiger partial charge in [-0.25, -0.2) is 0 Å². The van der Waals surface area contributed by atoms with Crippen LogP contribution in [0.3, 0.4) is 0 Å². The van der Waals surface area contributed by atoms with E-state index in [9.17, 15) is 19.8 Å². The summed E-state index contributed by atoms with van der Waals surface area (Å²) in [5, 5.41) is 19.7. The van der Waals surface area contributed by atoms with Gasteiger partial charge in [0, 0.05) is 12.7 Å². The van der Waals surface area contributed by atoms with Gasteiger partial charge in [0.05, 0.1) is 17.2 Å². The minimum absolute atomic E-state index is 0.161. The molecule has 5 nitrogen and oxygen atoms in total. The van der Waals surface area contributed by atoms with E-state index in [4.69, 9.17) is 4.74 Å². The average molecular weight is 302 g/mol. The molecule has 0 saturated heterocycles. The molecule has 0 amide bonds. The summed E-state index contributed by atoms with van der Waals surface area (Å²) in [5.41, 5.74) is 0.920. The molecule has 1 aromatic carbocycles. The zero-order valence-electron chi connectivity index (χ0n) is 12.7. The average Bonchev–Trinajstić information content (AvgIpc) is 2.46. The molecule has 0 aromatic heterocycles. The Morgan fingerprint density at radius 2 is 1.77 bits per heavy atom. The Balaban J connectivity index is 2.49. The van der Waals surface area contributed by atoms with Gasteiger partial charge in [-0.3, -0.25) is 9.59 Å². The van der Waals surface area contributed by atoms with Gasteiger partial charge in [-0.2, -0.15) is 0 Å². The Kier molecular flexibility index (Phi) is 4.47. The third-order valence-electron chi connectivity index (χ3n) is 3.56. The van der Waals surface area contributed by atoms with Gasteiger partial charge in [0.25, 0.3) is 0 Å². The van der Waals surface area contributed by atoms with Crippen molar-refractivity contribution in [3.8, 4) is 11.5 Å². The lowest BCUT2D eigenvalue weighted by molar-refractivity contribution is 0.0891. The Morgan fingerprint density at radius 1 is 1.18 bits per heavy atom. The molecule has 0 aliphatic heterocycles. The Labute approximate surface area is 128 Å². The van der Waals surface area contributed by atoms with Gasteiger partial charge in [0.15, 0.2) is 11.6 Å². The van der Waals surface area contributed by atoms with Crippen LogP contribution < -0.4 is 0 Å². The van der Waals surface area contributed by atoms with Gasteiger partial charge >= 0.3 is 0 Å². The number of carbonyl (C=O) groups excluding carboxylic acids is 2. The van der Waals surface area contributed by atoms with Crippen molar-refractivity contribution in [3.05, 3.63) is 46.6 Å². The van der Waals surface area contributed by atoms with Crippen LogP contribution in [-0.4, -0.2) is 35.0 Å². The van der Waals surface area contributed by atoms with Crippen LogP contribution in [0, 0.1) is 0 Å². The van der Waals surface area contributed by atoms with E-state index in [1.165, 1.54) is 25.3 Å². The summed E-state index contributed by atoms with van der Waals surface area (Å²) < 4.78 is 5.31. The maximum Gasteiger partial charge on any atom is 0.196 e. The number of carbonyl (C=O) groups is 2. The number of allylic oxidation sites excluding steroid dienone is 2. The Hall–Kier alpha value is -2.40. The number of Topliss-reactive ketones (excluding diaryl/α,β-unsaturated/α-hetero) is 1. The zero-order chi connectivity index (χ0) is 16.4. The number of hydrogen-bond acceptors (Lipinski definition) is 5. The zero-order valence-corrected chi connectivity index (χ0v) is 12.7. The minimum Gasteiger partial charge on any atom is -0.507 e. The number of methoxy groups -OCH3 is 1. The quantitative estimate of drug-likeness (QED) is 0.660. The highest BCUT2D eigenvalue weighted by molar-refractivity contribution is 6.26. The van der Waals surface area contributed by atoms with E-state index in [1.54, 1.807) is 0 Å². The van der Waals surface area contributed by atoms with Crippen LogP contribution in [0.1, 0.15) is 41.0 Å². The molecule has 0 bridgehead atoms. The van der Waals surface area contributed by atoms with Crippen molar-refractivity contribution in [2.75, 3.05) is 7.11 Å². The van der Waals surface area contributed by atoms with E-state index in [2.05, 4.69) is 0 Å². The largest absolute Gasteiger partial charge is 0.507 e. The first kappa shape index (κ1) is 16.0. The van der Waals surface area contributed by atoms with Crippen LogP contribution in [0.5, 0.6) is 11.5 Å². The predicted octanol–water partition coefficient (Wildman–Crippen LogP) is 2.77. The number of ether oxygens (including phenoxy) is 1. The molecule has 22 heavy (non-hydrogen) atoms. The Bertz CT molecular complexity index is 693. The molecule has 0 radical (unpaired) electrons. The number of rotatable bonds is 4. The SMILES string of the molecule is CO[C@H](CC=C(C)C)C1=CC(=O)c2c(O)ccc(O)c2C1=O. The topological polar surface area (TPSA) is 83.8 Å². The van der Waals surface area contributed by atoms with Gasteiger partial charge in [0.1, 0.15) is 11.5 Å². The van der Waals surface area contributed by atoms with Gasteiger partial charge in [-0.15, -0.1) is 0 Å². The second-order valence-electron chi connectivity index (χ2n) is 5.39. The van der Waals surface area contributed by atoms with Crippen molar-refractivity contribution in [1.29, 1.82) is 0 Å². The maximum absolute atomic E-state index is 12.6. The lowest BCUT2D eigenvalue weighted by Crippen LogP contribution is -2.26. The summed E-state index contributed by atoms with van der Waals surface area (Å²) in [7, 11) is 1.46. The molecule has 0 spiro atoms. The molecule has 0 saturated carbocycles. The van der Waals surface area contributed by atoms with E-state index in [-0.39, 0.29) is 28.2 Å². The van der Waals surface area contributed by atoms with Crippen molar-refractivity contribution < 1.29 is 24.5 Å². The number of ketones is 2. The van der Waals surface area contributed by atoms with E-state index in [1.807, 2.05) is 19.9 Å². The molecule has 1 aliphatic carbocycles. The fraction of sp³-hybridized carbons (Fsp3) is 0.294. The summed E-state index contributed by atoms with van der Waals surface area (Å²) >= 11 is 0. The number of benzene rings is 1. The third-order valence-corrected chi connectivity index (χ3v) is 3.56. The summed E-state index contributed by atoms with van der Waals surface area (Å²) in [5.74, 6) is -1.66. The first-order chi connectivity index (χ1) is 10.4. The molecule has 1 aromatic rings. The van der Waals surface area contributed by atoms with Crippen molar-refractivity contribution in [2.45, 2.75) is 26.4 Å². The molecule has 1 atom stereocenters. The molecular weight excluding hydrogens is 284 g/mol. The van der Waals surface area contributed by atoms with Gasteiger partial charge in [-0.1, -0.05) is 11.6 Å². The van der Waals surface area contributed by atoms with Gasteiger partial charge in [-0.05, 0) is 38.5 Å². The van der Waals surface area contributed by atoms with Crippen molar-refractivity contribution in [1.82, 2.24) is 0 Å². The molecule has 0 fully saturated rings. The highest BCUT2D eigenvalue weighted by atomic mass is 16.5. The minimum atomic E-state index is -0.582. The number of aromatic hydroxyl groups is 2. The van der Waals surface area contributed by atoms with E-state index < -0.39 is 17.7 Å². The van der Waals surface area contributed by atoms with Gasteiger partial charge < -0.3 is 14.9 Å². The van der Waals surface area contributed by atoms with E-state index >= 15 is 0 Å². The van der Waals surface area contributed by atoms with E-state index in [0.29, 0.717) is 6.42 Å². The number of fused-ring (bicyclic) bond motifs is 1. The molecule has 0 unspecified atom stereocenters. The summed E-state index contributed by atoms with van der Waals surface area (Å²) in [6, 6.07) is 2.38. The summed E-state index contributed by atoms with van der Waals surface area (Å²) in [4.78, 5) is 24.8. The van der Waals surface area contributed by atoms with Crippen molar-refractivity contribution in [3.63, 3.8) is 0 Å². The second-order valence-corrected chi connectivity index (χ2v) is 5.39. The molecule has 1 aliphatic rings.